The lowest BCUT2D eigenvalue weighted by Crippen LogP contribution is -2.23. The zero-order chi connectivity index (χ0) is 4.99. The van der Waals surface area contributed by atoms with Gasteiger partial charge in [0, 0.05) is 7.05 Å². The van der Waals surface area contributed by atoms with E-state index in [9.17, 15) is 4.79 Å². The molecule has 0 fully saturated rings. The van der Waals surface area contributed by atoms with Gasteiger partial charge in [0.2, 0.25) is 6.41 Å². The molecule has 0 aliphatic carbocycles. The molecule has 0 bridgehead atoms. The van der Waals surface area contributed by atoms with Crippen molar-refractivity contribution in [2.45, 2.75) is 0 Å². The Hall–Kier alpha value is -0.220. The summed E-state index contributed by atoms with van der Waals surface area (Å²) in [6, 6.07) is 0. The third-order valence-electron chi connectivity index (χ3n) is 0.329. The van der Waals surface area contributed by atoms with E-state index in [-0.39, 0.29) is 0 Å². The number of hydrazine groups is 1. The Morgan fingerprint density at radius 1 is 2.00 bits per heavy atom. The van der Waals surface area contributed by atoms with Gasteiger partial charge in [0.25, 0.3) is 0 Å². The molecule has 0 spiro atoms. The van der Waals surface area contributed by atoms with Gasteiger partial charge in [-0.2, -0.15) is 0 Å². The van der Waals surface area contributed by atoms with Crippen LogP contribution in [0.1, 0.15) is 0 Å². The normalized spacial score (nSPS) is 7.67. The fourth-order valence-corrected chi connectivity index (χ4v) is 0.0527. The second-order valence-corrected chi connectivity index (χ2v) is 1.10. The number of carbonyl (C=O) groups excluding carboxylic acids is 1. The van der Waals surface area contributed by atoms with Crippen LogP contribution in [0.25, 0.3) is 0 Å². The SMILES string of the molecule is CNN(S)C=O. The van der Waals surface area contributed by atoms with E-state index in [2.05, 4.69) is 18.2 Å². The molecule has 0 unspecified atom stereocenters. The molecule has 0 heterocycles. The fraction of sp³-hybridized carbons (Fsp3) is 0.500. The van der Waals surface area contributed by atoms with E-state index in [1.165, 1.54) is 0 Å². The summed E-state index contributed by atoms with van der Waals surface area (Å²) in [5.41, 5.74) is 2.44. The van der Waals surface area contributed by atoms with Crippen LogP contribution in [0, 0.1) is 0 Å². The van der Waals surface area contributed by atoms with E-state index < -0.39 is 0 Å². The van der Waals surface area contributed by atoms with Crippen LogP contribution in [0.15, 0.2) is 0 Å². The molecule has 0 aliphatic heterocycles. The predicted octanol–water partition coefficient (Wildman–Crippen LogP) is -0.576. The maximum absolute atomic E-state index is 9.52. The number of amides is 1. The maximum atomic E-state index is 9.52. The van der Waals surface area contributed by atoms with Crippen LogP contribution in [-0.2, 0) is 4.79 Å². The number of hydrogen-bond donors (Lipinski definition) is 2. The third-order valence-corrected chi connectivity index (χ3v) is 0.623. The molecule has 36 valence electrons. The molecular weight excluding hydrogens is 100 g/mol. The van der Waals surface area contributed by atoms with Gasteiger partial charge in [-0.3, -0.25) is 4.79 Å². The van der Waals surface area contributed by atoms with Gasteiger partial charge in [-0.1, -0.05) is 0 Å². The topological polar surface area (TPSA) is 32.3 Å². The number of rotatable bonds is 2. The molecule has 0 atom stereocenters. The molecule has 0 radical (unpaired) electrons. The van der Waals surface area contributed by atoms with E-state index in [0.29, 0.717) is 6.41 Å². The first-order valence-corrected chi connectivity index (χ1v) is 1.82. The Balaban J connectivity index is 2.96. The predicted molar refractivity (Wildman–Crippen MR) is 25.9 cm³/mol. The van der Waals surface area contributed by atoms with Gasteiger partial charge in [0.05, 0.1) is 0 Å². The molecule has 0 rings (SSSR count). The Bertz CT molecular complexity index is 48.8. The Morgan fingerprint density at radius 2 is 2.50 bits per heavy atom. The Labute approximate surface area is 41.8 Å². The van der Waals surface area contributed by atoms with Gasteiger partial charge < -0.3 is 0 Å². The average molecular weight is 106 g/mol. The van der Waals surface area contributed by atoms with Crippen molar-refractivity contribution in [1.29, 1.82) is 0 Å². The first-order chi connectivity index (χ1) is 2.81. The molecule has 0 aromatic heterocycles. The first-order valence-electron chi connectivity index (χ1n) is 1.42. The summed E-state index contributed by atoms with van der Waals surface area (Å²) in [6.45, 7) is 0. The minimum absolute atomic E-state index is 0.559. The van der Waals surface area contributed by atoms with Gasteiger partial charge in [0.1, 0.15) is 0 Å². The second kappa shape index (κ2) is 2.99. The summed E-state index contributed by atoms with van der Waals surface area (Å²) in [5, 5.41) is 0. The third kappa shape index (κ3) is 2.04. The lowest BCUT2D eigenvalue weighted by atomic mass is 11.3. The van der Waals surface area contributed by atoms with E-state index in [0.717, 1.165) is 4.41 Å². The smallest absolute Gasteiger partial charge is 0.233 e. The molecule has 0 aliphatic rings. The average Bonchev–Trinajstić information content (AvgIpc) is 1.65. The summed E-state index contributed by atoms with van der Waals surface area (Å²) in [5.74, 6) is 0. The van der Waals surface area contributed by atoms with Crippen LogP contribution < -0.4 is 5.43 Å². The highest BCUT2D eigenvalue weighted by atomic mass is 32.1. The van der Waals surface area contributed by atoms with Gasteiger partial charge in [0.15, 0.2) is 0 Å². The molecule has 0 aromatic carbocycles. The molecule has 1 amide bonds. The lowest BCUT2D eigenvalue weighted by molar-refractivity contribution is -0.115. The van der Waals surface area contributed by atoms with Gasteiger partial charge in [-0.05, 0) is 12.8 Å². The zero-order valence-corrected chi connectivity index (χ0v) is 4.27. The van der Waals surface area contributed by atoms with Crippen molar-refractivity contribution in [3.8, 4) is 0 Å². The van der Waals surface area contributed by atoms with Crippen molar-refractivity contribution in [3.63, 3.8) is 0 Å². The van der Waals surface area contributed by atoms with Crippen molar-refractivity contribution < 1.29 is 4.79 Å². The van der Waals surface area contributed by atoms with Gasteiger partial charge in [-0.15, -0.1) is 0 Å². The molecule has 6 heavy (non-hydrogen) atoms. The van der Waals surface area contributed by atoms with Gasteiger partial charge in [-0.25, -0.2) is 9.84 Å². The maximum Gasteiger partial charge on any atom is 0.233 e. The van der Waals surface area contributed by atoms with Crippen LogP contribution >= 0.6 is 12.8 Å². The number of hydrogen-bond acceptors (Lipinski definition) is 3. The minimum atomic E-state index is 0.559. The molecule has 4 heteroatoms. The molecular formula is C2H6N2OS. The van der Waals surface area contributed by atoms with Crippen LogP contribution in [0.3, 0.4) is 0 Å². The number of nitrogens with zero attached hydrogens (tertiary/aromatic N) is 1. The second-order valence-electron chi connectivity index (χ2n) is 0.674. The number of nitrogens with one attached hydrogen (secondary N) is 1. The highest BCUT2D eigenvalue weighted by molar-refractivity contribution is 7.78. The molecule has 3 nitrogen and oxygen atoms in total. The van der Waals surface area contributed by atoms with Crippen molar-refractivity contribution in [2.24, 2.45) is 0 Å². The monoisotopic (exact) mass is 106 g/mol. The summed E-state index contributed by atoms with van der Waals surface area (Å²) < 4.78 is 1.01. The van der Waals surface area contributed by atoms with Crippen molar-refractivity contribution >= 4 is 19.2 Å². The van der Waals surface area contributed by atoms with Crippen molar-refractivity contribution in [2.75, 3.05) is 7.05 Å². The minimum Gasteiger partial charge on any atom is -0.276 e. The number of carbonyl (C=O) groups is 1. The Morgan fingerprint density at radius 3 is 2.50 bits per heavy atom. The molecule has 1 N–H and O–H groups in total. The van der Waals surface area contributed by atoms with Crippen molar-refractivity contribution in [1.82, 2.24) is 9.84 Å². The van der Waals surface area contributed by atoms with E-state index in [1.807, 2.05) is 0 Å². The summed E-state index contributed by atoms with van der Waals surface area (Å²) in [4.78, 5) is 9.52. The first kappa shape index (κ1) is 5.78. The largest absolute Gasteiger partial charge is 0.276 e. The summed E-state index contributed by atoms with van der Waals surface area (Å²) in [6.07, 6.45) is 0.559. The van der Waals surface area contributed by atoms with E-state index >= 15 is 0 Å². The van der Waals surface area contributed by atoms with Crippen LogP contribution in [0.5, 0.6) is 0 Å². The fourth-order valence-electron chi connectivity index (χ4n) is 0.0527. The van der Waals surface area contributed by atoms with Crippen molar-refractivity contribution in [3.05, 3.63) is 0 Å². The van der Waals surface area contributed by atoms with Crippen LogP contribution in [0.4, 0.5) is 0 Å². The van der Waals surface area contributed by atoms with Crippen LogP contribution in [0.2, 0.25) is 0 Å². The number of thiol groups is 1. The van der Waals surface area contributed by atoms with Crippen LogP contribution in [-0.4, -0.2) is 17.9 Å². The molecule has 0 aromatic rings. The summed E-state index contributed by atoms with van der Waals surface area (Å²) in [7, 11) is 1.60. The van der Waals surface area contributed by atoms with Gasteiger partial charge >= 0.3 is 0 Å². The highest BCUT2D eigenvalue weighted by Crippen LogP contribution is 1.72. The van der Waals surface area contributed by atoms with E-state index in [4.69, 9.17) is 0 Å². The molecule has 0 saturated heterocycles. The molecule has 0 saturated carbocycles. The standard InChI is InChI=1S/C2H6N2OS/c1-3-4(6)2-5/h2-3,6H,1H3. The zero-order valence-electron chi connectivity index (χ0n) is 3.38. The Kier molecular flexibility index (Phi) is 2.88. The van der Waals surface area contributed by atoms with E-state index in [1.54, 1.807) is 7.05 Å². The quantitative estimate of drug-likeness (QED) is 0.280. The highest BCUT2D eigenvalue weighted by Gasteiger charge is 1.78. The lowest BCUT2D eigenvalue weighted by Gasteiger charge is -2.01. The summed E-state index contributed by atoms with van der Waals surface area (Å²) >= 11 is 3.58.